The maximum Gasteiger partial charge on any atom is 0.254 e. The van der Waals surface area contributed by atoms with Gasteiger partial charge in [-0.25, -0.2) is 4.68 Å². The van der Waals surface area contributed by atoms with E-state index >= 15 is 0 Å². The lowest BCUT2D eigenvalue weighted by atomic mass is 10.0. The van der Waals surface area contributed by atoms with E-state index in [1.165, 1.54) is 19.4 Å². The average molecular weight is 327 g/mol. The predicted molar refractivity (Wildman–Crippen MR) is 92.8 cm³/mol. The van der Waals surface area contributed by atoms with Crippen molar-refractivity contribution in [2.75, 3.05) is 19.6 Å². The van der Waals surface area contributed by atoms with Crippen LogP contribution in [0.4, 0.5) is 0 Å². The Labute approximate surface area is 142 Å². The number of carbonyl (C=O) groups is 1. The van der Waals surface area contributed by atoms with Crippen molar-refractivity contribution in [3.05, 3.63) is 23.8 Å². The Kier molecular flexibility index (Phi) is 4.00. The Bertz CT molecular complexity index is 755. The number of likely N-dealkylation sites (N-methyl/N-ethyl adjacent to an activating group) is 1. The lowest BCUT2D eigenvalue weighted by molar-refractivity contribution is 0.0650. The molecule has 0 N–H and O–H groups in total. The first-order valence-corrected chi connectivity index (χ1v) is 9.03. The van der Waals surface area contributed by atoms with Crippen LogP contribution in [0.25, 0.3) is 11.0 Å². The van der Waals surface area contributed by atoms with Crippen LogP contribution in [-0.2, 0) is 7.05 Å². The fourth-order valence-corrected chi connectivity index (χ4v) is 4.46. The normalized spacial score (nSPS) is 25.0. The zero-order valence-electron chi connectivity index (χ0n) is 14.5. The Balaban J connectivity index is 1.59. The fraction of sp³-hybridized carbons (Fsp3) is 0.611. The molecule has 0 unspecified atom stereocenters. The van der Waals surface area contributed by atoms with Gasteiger partial charge in [-0.05, 0) is 57.0 Å². The Morgan fingerprint density at radius 2 is 2.00 bits per heavy atom. The van der Waals surface area contributed by atoms with Crippen molar-refractivity contribution in [1.29, 1.82) is 0 Å². The highest BCUT2D eigenvalue weighted by atomic mass is 16.2. The molecule has 2 atom stereocenters. The van der Waals surface area contributed by atoms with E-state index in [0.29, 0.717) is 12.1 Å². The molecule has 24 heavy (non-hydrogen) atoms. The topological polar surface area (TPSA) is 54.3 Å². The zero-order chi connectivity index (χ0) is 16.7. The van der Waals surface area contributed by atoms with Crippen LogP contribution in [0.5, 0.6) is 0 Å². The van der Waals surface area contributed by atoms with Crippen LogP contribution in [0.3, 0.4) is 0 Å². The van der Waals surface area contributed by atoms with Crippen LogP contribution in [0, 0.1) is 0 Å². The van der Waals surface area contributed by atoms with E-state index in [1.54, 1.807) is 4.68 Å². The third-order valence-electron chi connectivity index (χ3n) is 5.68. The molecule has 0 spiro atoms. The summed E-state index contributed by atoms with van der Waals surface area (Å²) in [6, 6.07) is 6.63. The van der Waals surface area contributed by atoms with Crippen molar-refractivity contribution in [1.82, 2.24) is 24.8 Å². The molecule has 3 heterocycles. The quantitative estimate of drug-likeness (QED) is 0.866. The first-order valence-electron chi connectivity index (χ1n) is 9.03. The van der Waals surface area contributed by atoms with E-state index in [9.17, 15) is 4.79 Å². The van der Waals surface area contributed by atoms with Crippen molar-refractivity contribution < 1.29 is 4.79 Å². The smallest absolute Gasteiger partial charge is 0.254 e. The van der Waals surface area contributed by atoms with E-state index in [2.05, 4.69) is 27.0 Å². The lowest BCUT2D eigenvalue weighted by Gasteiger charge is -2.34. The van der Waals surface area contributed by atoms with Gasteiger partial charge in [0.2, 0.25) is 0 Å². The molecule has 2 aliphatic heterocycles. The number of hydrogen-bond acceptors (Lipinski definition) is 4. The molecular weight excluding hydrogens is 302 g/mol. The molecule has 2 aliphatic rings. The maximum atomic E-state index is 13.1. The van der Waals surface area contributed by atoms with Gasteiger partial charge in [0, 0.05) is 31.2 Å². The maximum absolute atomic E-state index is 13.1. The Morgan fingerprint density at radius 3 is 2.83 bits per heavy atom. The Hall–Kier alpha value is -1.95. The van der Waals surface area contributed by atoms with E-state index < -0.39 is 0 Å². The van der Waals surface area contributed by atoms with Gasteiger partial charge in [-0.15, -0.1) is 5.10 Å². The van der Waals surface area contributed by atoms with Crippen molar-refractivity contribution in [3.63, 3.8) is 0 Å². The van der Waals surface area contributed by atoms with Gasteiger partial charge in [0.15, 0.2) is 0 Å². The minimum Gasteiger partial charge on any atom is -0.334 e. The standard InChI is InChI=1S/C18H25N5O/c1-3-22-10-4-6-16(22)17-7-5-11-23(17)18(24)13-8-9-15-14(12-13)19-20-21(15)2/h8-9,12,16-17H,3-7,10-11H2,1-2H3/t16-,17+/m1/s1. The largest absolute Gasteiger partial charge is 0.334 e. The molecule has 0 aliphatic carbocycles. The number of nitrogens with zero attached hydrogens (tertiary/aromatic N) is 5. The summed E-state index contributed by atoms with van der Waals surface area (Å²) < 4.78 is 1.74. The van der Waals surface area contributed by atoms with Gasteiger partial charge in [0.05, 0.1) is 5.52 Å². The average Bonchev–Trinajstić information content (AvgIpc) is 3.32. The van der Waals surface area contributed by atoms with Gasteiger partial charge in [0.1, 0.15) is 5.52 Å². The number of aromatic nitrogens is 3. The number of likely N-dealkylation sites (tertiary alicyclic amines) is 2. The first-order chi connectivity index (χ1) is 11.7. The van der Waals surface area contributed by atoms with Gasteiger partial charge in [-0.1, -0.05) is 12.1 Å². The minimum atomic E-state index is 0.146. The predicted octanol–water partition coefficient (Wildman–Crippen LogP) is 2.06. The summed E-state index contributed by atoms with van der Waals surface area (Å²) in [5, 5.41) is 8.17. The van der Waals surface area contributed by atoms with Crippen molar-refractivity contribution in [3.8, 4) is 0 Å². The van der Waals surface area contributed by atoms with Gasteiger partial charge < -0.3 is 4.90 Å². The van der Waals surface area contributed by atoms with Crippen molar-refractivity contribution in [2.24, 2.45) is 7.05 Å². The van der Waals surface area contributed by atoms with Gasteiger partial charge in [0.25, 0.3) is 5.91 Å². The number of aryl methyl sites for hydroxylation is 1. The molecule has 128 valence electrons. The SMILES string of the molecule is CCN1CCC[C@@H]1[C@@H]1CCCN1C(=O)c1ccc2c(c1)nnn2C. The van der Waals surface area contributed by atoms with Gasteiger partial charge in [-0.2, -0.15) is 0 Å². The lowest BCUT2D eigenvalue weighted by Crippen LogP contribution is -2.48. The second kappa shape index (κ2) is 6.16. The number of hydrogen-bond donors (Lipinski definition) is 0. The fourth-order valence-electron chi connectivity index (χ4n) is 4.46. The summed E-state index contributed by atoms with van der Waals surface area (Å²) in [6.45, 7) is 5.34. The van der Waals surface area contributed by atoms with E-state index in [1.807, 2.05) is 25.2 Å². The molecule has 1 aromatic carbocycles. The molecule has 6 heteroatoms. The molecular formula is C18H25N5O. The third kappa shape index (κ3) is 2.49. The third-order valence-corrected chi connectivity index (χ3v) is 5.68. The zero-order valence-corrected chi connectivity index (χ0v) is 14.5. The summed E-state index contributed by atoms with van der Waals surface area (Å²) in [4.78, 5) is 17.8. The van der Waals surface area contributed by atoms with Crippen LogP contribution in [-0.4, -0.2) is 62.4 Å². The number of rotatable bonds is 3. The monoisotopic (exact) mass is 327 g/mol. The van der Waals surface area contributed by atoms with E-state index in [0.717, 1.165) is 42.5 Å². The molecule has 0 bridgehead atoms. The second-order valence-corrected chi connectivity index (χ2v) is 6.96. The van der Waals surface area contributed by atoms with Crippen LogP contribution >= 0.6 is 0 Å². The second-order valence-electron chi connectivity index (χ2n) is 6.96. The van der Waals surface area contributed by atoms with E-state index in [4.69, 9.17) is 0 Å². The molecule has 0 saturated carbocycles. The number of carbonyl (C=O) groups excluding carboxylic acids is 1. The van der Waals surface area contributed by atoms with Crippen molar-refractivity contribution in [2.45, 2.75) is 44.7 Å². The molecule has 2 aromatic rings. The summed E-state index contributed by atoms with van der Waals surface area (Å²) >= 11 is 0. The molecule has 0 radical (unpaired) electrons. The first kappa shape index (κ1) is 15.6. The summed E-state index contributed by atoms with van der Waals surface area (Å²) in [5.41, 5.74) is 2.48. The number of fused-ring (bicyclic) bond motifs is 1. The molecule has 1 amide bonds. The molecule has 1 aromatic heterocycles. The number of amides is 1. The molecule has 2 saturated heterocycles. The van der Waals surface area contributed by atoms with Crippen LogP contribution in [0.1, 0.15) is 43.0 Å². The summed E-state index contributed by atoms with van der Waals surface area (Å²) in [7, 11) is 1.87. The molecule has 4 rings (SSSR count). The van der Waals surface area contributed by atoms with Crippen LogP contribution in [0.15, 0.2) is 18.2 Å². The summed E-state index contributed by atoms with van der Waals surface area (Å²) in [6.07, 6.45) is 4.70. The minimum absolute atomic E-state index is 0.146. The van der Waals surface area contributed by atoms with Crippen LogP contribution < -0.4 is 0 Å². The highest BCUT2D eigenvalue weighted by molar-refractivity contribution is 5.97. The van der Waals surface area contributed by atoms with Gasteiger partial charge in [-0.3, -0.25) is 9.69 Å². The highest BCUT2D eigenvalue weighted by Crippen LogP contribution is 2.31. The highest BCUT2D eigenvalue weighted by Gasteiger charge is 2.39. The molecule has 6 nitrogen and oxygen atoms in total. The molecule has 2 fully saturated rings. The van der Waals surface area contributed by atoms with Crippen molar-refractivity contribution >= 4 is 16.9 Å². The summed E-state index contributed by atoms with van der Waals surface area (Å²) in [5.74, 6) is 0.146. The van der Waals surface area contributed by atoms with Crippen LogP contribution in [0.2, 0.25) is 0 Å². The van der Waals surface area contributed by atoms with Gasteiger partial charge >= 0.3 is 0 Å². The van der Waals surface area contributed by atoms with E-state index in [-0.39, 0.29) is 5.91 Å². The Morgan fingerprint density at radius 1 is 1.21 bits per heavy atom. The number of benzene rings is 1.